The first-order valence-electron chi connectivity index (χ1n) is 7.80. The van der Waals surface area contributed by atoms with E-state index >= 15 is 0 Å². The topological polar surface area (TPSA) is 80.9 Å². The van der Waals surface area contributed by atoms with E-state index in [1.807, 2.05) is 30.3 Å². The largest absolute Gasteiger partial charge is 0.396 e. The average molecular weight is 294 g/mol. The molecule has 21 heavy (non-hydrogen) atoms. The van der Waals surface area contributed by atoms with E-state index in [1.165, 1.54) is 5.56 Å². The van der Waals surface area contributed by atoms with Gasteiger partial charge in [0.1, 0.15) is 0 Å². The van der Waals surface area contributed by atoms with Crippen LogP contribution in [0.1, 0.15) is 31.2 Å². The van der Waals surface area contributed by atoms with Gasteiger partial charge >= 0.3 is 0 Å². The van der Waals surface area contributed by atoms with Gasteiger partial charge in [-0.25, -0.2) is 0 Å². The van der Waals surface area contributed by atoms with Gasteiger partial charge in [0.05, 0.1) is 18.3 Å². The molecule has 4 heteroatoms. The summed E-state index contributed by atoms with van der Waals surface area (Å²) in [7, 11) is 0. The van der Waals surface area contributed by atoms with Crippen molar-refractivity contribution in [2.24, 2.45) is 11.8 Å². The maximum absolute atomic E-state index is 10.1. The molecule has 1 aliphatic rings. The molecule has 0 amide bonds. The number of rotatable bonds is 7. The van der Waals surface area contributed by atoms with E-state index < -0.39 is 18.3 Å². The Balaban J connectivity index is 1.74. The van der Waals surface area contributed by atoms with Crippen LogP contribution in [-0.4, -0.2) is 45.3 Å². The van der Waals surface area contributed by atoms with E-state index in [0.29, 0.717) is 25.7 Å². The summed E-state index contributed by atoms with van der Waals surface area (Å²) >= 11 is 0. The van der Waals surface area contributed by atoms with Crippen LogP contribution in [0, 0.1) is 11.8 Å². The van der Waals surface area contributed by atoms with Gasteiger partial charge in [-0.2, -0.15) is 0 Å². The van der Waals surface area contributed by atoms with Crippen molar-refractivity contribution >= 4 is 0 Å². The van der Waals surface area contributed by atoms with E-state index in [9.17, 15) is 20.4 Å². The Kier molecular flexibility index (Phi) is 6.18. The Labute approximate surface area is 126 Å². The zero-order chi connectivity index (χ0) is 15.2. The lowest BCUT2D eigenvalue weighted by Gasteiger charge is -2.22. The number of hydrogen-bond acceptors (Lipinski definition) is 4. The Morgan fingerprint density at radius 1 is 1.00 bits per heavy atom. The maximum Gasteiger partial charge on any atom is 0.0618 e. The zero-order valence-corrected chi connectivity index (χ0v) is 12.3. The highest BCUT2D eigenvalue weighted by atomic mass is 16.3. The van der Waals surface area contributed by atoms with Crippen molar-refractivity contribution in [3.05, 3.63) is 35.9 Å². The summed E-state index contributed by atoms with van der Waals surface area (Å²) in [5.41, 5.74) is 1.21. The van der Waals surface area contributed by atoms with Crippen molar-refractivity contribution in [1.29, 1.82) is 0 Å². The highest BCUT2D eigenvalue weighted by molar-refractivity contribution is 5.14. The Morgan fingerprint density at radius 2 is 1.67 bits per heavy atom. The van der Waals surface area contributed by atoms with Crippen LogP contribution >= 0.6 is 0 Å². The van der Waals surface area contributed by atoms with Crippen LogP contribution in [0.2, 0.25) is 0 Å². The molecule has 1 aliphatic carbocycles. The number of aryl methyl sites for hydroxylation is 1. The molecule has 1 aromatic carbocycles. The van der Waals surface area contributed by atoms with Crippen LogP contribution < -0.4 is 0 Å². The molecule has 0 aromatic heterocycles. The summed E-state index contributed by atoms with van der Waals surface area (Å²) in [6.45, 7) is -0.108. The molecule has 0 spiro atoms. The van der Waals surface area contributed by atoms with Crippen molar-refractivity contribution < 1.29 is 20.4 Å². The molecule has 5 atom stereocenters. The quantitative estimate of drug-likeness (QED) is 0.607. The van der Waals surface area contributed by atoms with Crippen molar-refractivity contribution in [3.8, 4) is 0 Å². The Bertz CT molecular complexity index is 409. The SMILES string of the molecule is OC[C@@H]1[C@@H](CC[C@@H](O)CCc2ccccc2)[C@H](O)C[C@@H]1O. The fourth-order valence-corrected chi connectivity index (χ4v) is 3.34. The minimum atomic E-state index is -0.628. The molecule has 0 radical (unpaired) electrons. The molecule has 0 bridgehead atoms. The lowest BCUT2D eigenvalue weighted by molar-refractivity contribution is 0.0535. The second kappa shape index (κ2) is 7.90. The third-order valence-corrected chi connectivity index (χ3v) is 4.67. The zero-order valence-electron chi connectivity index (χ0n) is 12.3. The van der Waals surface area contributed by atoms with E-state index in [0.717, 1.165) is 6.42 Å². The van der Waals surface area contributed by atoms with Gasteiger partial charge in [-0.3, -0.25) is 0 Å². The highest BCUT2D eigenvalue weighted by Gasteiger charge is 2.40. The summed E-state index contributed by atoms with van der Waals surface area (Å²) in [4.78, 5) is 0. The lowest BCUT2D eigenvalue weighted by Crippen LogP contribution is -2.26. The molecular weight excluding hydrogens is 268 g/mol. The Morgan fingerprint density at radius 3 is 2.33 bits per heavy atom. The van der Waals surface area contributed by atoms with Gasteiger partial charge in [-0.05, 0) is 43.6 Å². The first-order valence-corrected chi connectivity index (χ1v) is 7.80. The van der Waals surface area contributed by atoms with Crippen LogP contribution in [0.15, 0.2) is 30.3 Å². The van der Waals surface area contributed by atoms with Crippen LogP contribution in [0.3, 0.4) is 0 Å². The smallest absolute Gasteiger partial charge is 0.0618 e. The van der Waals surface area contributed by atoms with Crippen LogP contribution in [-0.2, 0) is 6.42 Å². The molecule has 0 saturated heterocycles. The summed E-state index contributed by atoms with van der Waals surface area (Å²) in [5, 5.41) is 39.1. The monoisotopic (exact) mass is 294 g/mol. The maximum atomic E-state index is 10.1. The number of aliphatic hydroxyl groups is 4. The summed E-state index contributed by atoms with van der Waals surface area (Å²) in [6.07, 6.45) is 1.48. The predicted octanol–water partition coefficient (Wildman–Crippen LogP) is 1.11. The minimum absolute atomic E-state index is 0.108. The van der Waals surface area contributed by atoms with Crippen LogP contribution in [0.5, 0.6) is 0 Å². The van der Waals surface area contributed by atoms with Crippen molar-refractivity contribution in [1.82, 2.24) is 0 Å². The molecule has 0 aliphatic heterocycles. The average Bonchev–Trinajstić information content (AvgIpc) is 2.77. The van der Waals surface area contributed by atoms with E-state index in [4.69, 9.17) is 0 Å². The van der Waals surface area contributed by atoms with Gasteiger partial charge in [0.25, 0.3) is 0 Å². The molecule has 2 rings (SSSR count). The summed E-state index contributed by atoms with van der Waals surface area (Å²) < 4.78 is 0. The lowest BCUT2D eigenvalue weighted by atomic mass is 9.88. The third kappa shape index (κ3) is 4.51. The highest BCUT2D eigenvalue weighted by Crippen LogP contribution is 2.35. The number of aliphatic hydroxyl groups excluding tert-OH is 4. The van der Waals surface area contributed by atoms with Gasteiger partial charge in [0.15, 0.2) is 0 Å². The standard InChI is InChI=1S/C17H26O4/c18-11-15-14(16(20)10-17(15)21)9-8-13(19)7-6-12-4-2-1-3-5-12/h1-5,13-21H,6-11H2/t13-,14+,15+,16+,17-/m0/s1. The molecule has 1 aromatic rings. The van der Waals surface area contributed by atoms with Gasteiger partial charge in [-0.15, -0.1) is 0 Å². The molecule has 0 unspecified atom stereocenters. The van der Waals surface area contributed by atoms with Crippen molar-refractivity contribution in [2.75, 3.05) is 6.61 Å². The minimum Gasteiger partial charge on any atom is -0.396 e. The van der Waals surface area contributed by atoms with Crippen LogP contribution in [0.25, 0.3) is 0 Å². The van der Waals surface area contributed by atoms with Gasteiger partial charge in [-0.1, -0.05) is 30.3 Å². The third-order valence-electron chi connectivity index (χ3n) is 4.67. The fraction of sp³-hybridized carbons (Fsp3) is 0.647. The number of hydrogen-bond donors (Lipinski definition) is 4. The molecule has 1 saturated carbocycles. The first kappa shape index (κ1) is 16.4. The van der Waals surface area contributed by atoms with Gasteiger partial charge in [0.2, 0.25) is 0 Å². The molecular formula is C17H26O4. The predicted molar refractivity (Wildman–Crippen MR) is 80.7 cm³/mol. The Hall–Kier alpha value is -0.940. The number of benzene rings is 1. The van der Waals surface area contributed by atoms with Gasteiger partial charge < -0.3 is 20.4 Å². The second-order valence-corrected chi connectivity index (χ2v) is 6.14. The van der Waals surface area contributed by atoms with Crippen molar-refractivity contribution in [3.63, 3.8) is 0 Å². The van der Waals surface area contributed by atoms with E-state index in [2.05, 4.69) is 0 Å². The summed E-state index contributed by atoms with van der Waals surface area (Å²) in [5.74, 6) is -0.377. The molecule has 0 heterocycles. The fourth-order valence-electron chi connectivity index (χ4n) is 3.34. The van der Waals surface area contributed by atoms with E-state index in [1.54, 1.807) is 0 Å². The molecule has 1 fully saturated rings. The molecule has 4 N–H and O–H groups in total. The summed E-state index contributed by atoms with van der Waals surface area (Å²) in [6, 6.07) is 10.0. The van der Waals surface area contributed by atoms with Gasteiger partial charge in [0, 0.05) is 12.5 Å². The first-order chi connectivity index (χ1) is 10.1. The van der Waals surface area contributed by atoms with E-state index in [-0.39, 0.29) is 18.4 Å². The van der Waals surface area contributed by atoms with Crippen LogP contribution in [0.4, 0.5) is 0 Å². The second-order valence-electron chi connectivity index (χ2n) is 6.14. The normalized spacial score (nSPS) is 30.5. The molecule has 118 valence electrons. The van der Waals surface area contributed by atoms with Crippen molar-refractivity contribution in [2.45, 2.75) is 50.4 Å². The molecule has 4 nitrogen and oxygen atoms in total.